The molecule has 2 rings (SSSR count). The van der Waals surface area contributed by atoms with E-state index in [0.717, 1.165) is 5.56 Å². The number of rotatable bonds is 5. The monoisotopic (exact) mass is 302 g/mol. The van der Waals surface area contributed by atoms with Crippen LogP contribution in [0.25, 0.3) is 0 Å². The van der Waals surface area contributed by atoms with Gasteiger partial charge in [0.15, 0.2) is 0 Å². The summed E-state index contributed by atoms with van der Waals surface area (Å²) in [5.74, 6) is -0.222. The molecule has 22 heavy (non-hydrogen) atoms. The van der Waals surface area contributed by atoms with E-state index in [4.69, 9.17) is 9.47 Å². The fourth-order valence-corrected chi connectivity index (χ4v) is 2.10. The van der Waals surface area contributed by atoms with Crippen molar-refractivity contribution in [2.24, 2.45) is 7.05 Å². The third-order valence-electron chi connectivity index (χ3n) is 3.30. The average Bonchev–Trinajstić information content (AvgIpc) is 2.97. The van der Waals surface area contributed by atoms with Crippen molar-refractivity contribution in [2.75, 3.05) is 14.2 Å². The molecule has 0 radical (unpaired) electrons. The van der Waals surface area contributed by atoms with E-state index in [-0.39, 0.29) is 5.91 Å². The van der Waals surface area contributed by atoms with Crippen molar-refractivity contribution in [3.63, 3.8) is 0 Å². The maximum absolute atomic E-state index is 12.0. The number of nitrogens with zero attached hydrogens (tertiary/aromatic N) is 1. The molecule has 0 saturated carbocycles. The molecule has 0 spiro atoms. The minimum atomic E-state index is -0.479. The van der Waals surface area contributed by atoms with Gasteiger partial charge in [-0.2, -0.15) is 0 Å². The van der Waals surface area contributed by atoms with Gasteiger partial charge in [0, 0.05) is 19.8 Å². The summed E-state index contributed by atoms with van der Waals surface area (Å²) >= 11 is 0. The number of aryl methyl sites for hydroxylation is 1. The standard InChI is InChI=1S/C16H18N2O4/c1-18-8-4-5-13(18)15(19)17-10-11-6-7-14(21-2)12(9-11)16(20)22-3/h4-9H,10H2,1-3H3,(H,17,19). The van der Waals surface area contributed by atoms with E-state index in [9.17, 15) is 9.59 Å². The first kappa shape index (κ1) is 15.6. The Morgan fingerprint density at radius 2 is 2.00 bits per heavy atom. The Balaban J connectivity index is 2.12. The molecule has 1 N–H and O–H groups in total. The topological polar surface area (TPSA) is 69.6 Å². The van der Waals surface area contributed by atoms with Crippen LogP contribution in [-0.2, 0) is 18.3 Å². The molecular formula is C16H18N2O4. The van der Waals surface area contributed by atoms with Gasteiger partial charge in [-0.05, 0) is 29.8 Å². The highest BCUT2D eigenvalue weighted by molar-refractivity contribution is 5.93. The van der Waals surface area contributed by atoms with Crippen molar-refractivity contribution in [2.45, 2.75) is 6.54 Å². The molecule has 6 nitrogen and oxygen atoms in total. The van der Waals surface area contributed by atoms with Gasteiger partial charge < -0.3 is 19.4 Å². The molecule has 0 aliphatic heterocycles. The van der Waals surface area contributed by atoms with E-state index in [1.807, 2.05) is 0 Å². The lowest BCUT2D eigenvalue weighted by molar-refractivity contribution is 0.0597. The predicted octanol–water partition coefficient (Wildman–Crippen LogP) is 1.75. The van der Waals surface area contributed by atoms with Crippen molar-refractivity contribution in [1.29, 1.82) is 0 Å². The van der Waals surface area contributed by atoms with E-state index >= 15 is 0 Å². The van der Waals surface area contributed by atoms with Crippen LogP contribution < -0.4 is 10.1 Å². The molecule has 0 fully saturated rings. The second-order valence-electron chi connectivity index (χ2n) is 4.71. The lowest BCUT2D eigenvalue weighted by atomic mass is 10.1. The van der Waals surface area contributed by atoms with Gasteiger partial charge in [-0.25, -0.2) is 4.79 Å². The van der Waals surface area contributed by atoms with Crippen molar-refractivity contribution < 1.29 is 19.1 Å². The third kappa shape index (κ3) is 3.28. The van der Waals surface area contributed by atoms with Gasteiger partial charge in [0.05, 0.1) is 14.2 Å². The van der Waals surface area contributed by atoms with Crippen LogP contribution in [0.4, 0.5) is 0 Å². The fourth-order valence-electron chi connectivity index (χ4n) is 2.10. The molecule has 6 heteroatoms. The summed E-state index contributed by atoms with van der Waals surface area (Å²) in [6.07, 6.45) is 1.80. The Kier molecular flexibility index (Phi) is 4.83. The molecule has 0 aliphatic rings. The average molecular weight is 302 g/mol. The first-order chi connectivity index (χ1) is 10.6. The third-order valence-corrected chi connectivity index (χ3v) is 3.30. The minimum Gasteiger partial charge on any atom is -0.496 e. The predicted molar refractivity (Wildman–Crippen MR) is 80.9 cm³/mol. The Morgan fingerprint density at radius 1 is 1.23 bits per heavy atom. The molecule has 2 aromatic rings. The number of ether oxygens (including phenoxy) is 2. The summed E-state index contributed by atoms with van der Waals surface area (Å²) < 4.78 is 11.6. The molecule has 1 aromatic carbocycles. The first-order valence-corrected chi connectivity index (χ1v) is 6.71. The van der Waals surface area contributed by atoms with Crippen LogP contribution in [0, 0.1) is 0 Å². The van der Waals surface area contributed by atoms with E-state index < -0.39 is 5.97 Å². The molecule has 1 amide bonds. The van der Waals surface area contributed by atoms with Crippen LogP contribution in [0.1, 0.15) is 26.4 Å². The van der Waals surface area contributed by atoms with Gasteiger partial charge in [-0.3, -0.25) is 4.79 Å². The van der Waals surface area contributed by atoms with Crippen LogP contribution >= 0.6 is 0 Å². The zero-order valence-corrected chi connectivity index (χ0v) is 12.8. The summed E-state index contributed by atoms with van der Waals surface area (Å²) in [7, 11) is 4.60. The van der Waals surface area contributed by atoms with E-state index in [1.165, 1.54) is 14.2 Å². The van der Waals surface area contributed by atoms with Gasteiger partial charge in [0.1, 0.15) is 17.0 Å². The first-order valence-electron chi connectivity index (χ1n) is 6.71. The van der Waals surface area contributed by atoms with Crippen molar-refractivity contribution in [3.8, 4) is 5.75 Å². The highest BCUT2D eigenvalue weighted by Gasteiger charge is 2.14. The van der Waals surface area contributed by atoms with Crippen molar-refractivity contribution in [1.82, 2.24) is 9.88 Å². The number of carbonyl (C=O) groups is 2. The summed E-state index contributed by atoms with van der Waals surface area (Å²) in [6, 6.07) is 8.66. The lowest BCUT2D eigenvalue weighted by Crippen LogP contribution is -2.24. The Hall–Kier alpha value is -2.76. The summed E-state index contributed by atoms with van der Waals surface area (Å²) in [5.41, 5.74) is 1.68. The largest absolute Gasteiger partial charge is 0.496 e. The number of hydrogen-bond donors (Lipinski definition) is 1. The number of hydrogen-bond acceptors (Lipinski definition) is 4. The highest BCUT2D eigenvalue weighted by Crippen LogP contribution is 2.20. The molecular weight excluding hydrogens is 284 g/mol. The molecule has 0 aliphatic carbocycles. The Morgan fingerprint density at radius 3 is 2.59 bits per heavy atom. The maximum Gasteiger partial charge on any atom is 0.341 e. The number of benzene rings is 1. The number of aromatic nitrogens is 1. The molecule has 116 valence electrons. The van der Waals surface area contributed by atoms with Gasteiger partial charge in [-0.1, -0.05) is 6.07 Å². The van der Waals surface area contributed by atoms with E-state index in [0.29, 0.717) is 23.6 Å². The van der Waals surface area contributed by atoms with E-state index in [1.54, 1.807) is 48.1 Å². The van der Waals surface area contributed by atoms with Crippen molar-refractivity contribution >= 4 is 11.9 Å². The van der Waals surface area contributed by atoms with Crippen LogP contribution in [0.3, 0.4) is 0 Å². The molecule has 1 heterocycles. The smallest absolute Gasteiger partial charge is 0.341 e. The summed E-state index contributed by atoms with van der Waals surface area (Å²) in [6.45, 7) is 0.304. The van der Waals surface area contributed by atoms with Crippen LogP contribution in [0.15, 0.2) is 36.5 Å². The van der Waals surface area contributed by atoms with E-state index in [2.05, 4.69) is 5.32 Å². The normalized spacial score (nSPS) is 10.1. The Bertz CT molecular complexity index is 691. The Labute approximate surface area is 128 Å². The highest BCUT2D eigenvalue weighted by atomic mass is 16.5. The zero-order chi connectivity index (χ0) is 16.1. The van der Waals surface area contributed by atoms with Gasteiger partial charge in [-0.15, -0.1) is 0 Å². The second-order valence-corrected chi connectivity index (χ2v) is 4.71. The minimum absolute atomic E-state index is 0.178. The molecule has 0 atom stereocenters. The van der Waals surface area contributed by atoms with Gasteiger partial charge >= 0.3 is 5.97 Å². The molecule has 0 unspecified atom stereocenters. The van der Waals surface area contributed by atoms with Crippen LogP contribution in [0.2, 0.25) is 0 Å². The SMILES string of the molecule is COC(=O)c1cc(CNC(=O)c2cccn2C)ccc1OC. The van der Waals surface area contributed by atoms with Crippen LogP contribution in [0.5, 0.6) is 5.75 Å². The number of nitrogens with one attached hydrogen (secondary N) is 1. The number of esters is 1. The van der Waals surface area contributed by atoms with Gasteiger partial charge in [0.25, 0.3) is 5.91 Å². The molecule has 0 saturated heterocycles. The maximum atomic E-state index is 12.0. The lowest BCUT2D eigenvalue weighted by Gasteiger charge is -2.10. The number of methoxy groups -OCH3 is 2. The number of carbonyl (C=O) groups excluding carboxylic acids is 2. The van der Waals surface area contributed by atoms with Crippen molar-refractivity contribution in [3.05, 3.63) is 53.3 Å². The summed E-state index contributed by atoms with van der Waals surface area (Å²) in [4.78, 5) is 23.8. The summed E-state index contributed by atoms with van der Waals surface area (Å²) in [5, 5.41) is 2.81. The molecule has 0 bridgehead atoms. The quantitative estimate of drug-likeness (QED) is 0.854. The van der Waals surface area contributed by atoms with Gasteiger partial charge in [0.2, 0.25) is 0 Å². The van der Waals surface area contributed by atoms with Crippen LogP contribution in [-0.4, -0.2) is 30.7 Å². The second kappa shape index (κ2) is 6.80. The zero-order valence-electron chi connectivity index (χ0n) is 12.8. The number of amides is 1. The molecule has 1 aromatic heterocycles. The fraction of sp³-hybridized carbons (Fsp3) is 0.250.